The fraction of sp³-hybridized carbons (Fsp3) is 0.412. The van der Waals surface area contributed by atoms with Gasteiger partial charge in [-0.05, 0) is 78.8 Å². The van der Waals surface area contributed by atoms with Crippen LogP contribution in [0.25, 0.3) is 0 Å². The normalized spacial score (nSPS) is 15.1. The van der Waals surface area contributed by atoms with Crippen LogP contribution in [0.1, 0.15) is 66.6 Å². The topological polar surface area (TPSA) is 71.1 Å². The fourth-order valence-corrected chi connectivity index (χ4v) is 5.84. The molecule has 1 fully saturated rings. The molecule has 0 aliphatic carbocycles. The number of nitrogens with one attached hydrogen (secondary N) is 1. The Hall–Kier alpha value is -3.91. The SMILES string of the molecule is CCC(CC)C(=O)N(Cc1cccc(C(=O)NCc2ccc3c(c2)OCO3)c1)C1CCN(Cc2ccc(F)cc2)CC1. The molecule has 0 spiro atoms. The molecule has 42 heavy (non-hydrogen) atoms. The van der Waals surface area contributed by atoms with E-state index in [2.05, 4.69) is 29.0 Å². The third-order valence-corrected chi connectivity index (χ3v) is 8.37. The van der Waals surface area contributed by atoms with Crippen LogP contribution in [0.2, 0.25) is 0 Å². The number of amides is 2. The second-order valence-corrected chi connectivity index (χ2v) is 11.2. The highest BCUT2D eigenvalue weighted by molar-refractivity contribution is 5.94. The van der Waals surface area contributed by atoms with Crippen LogP contribution in [0, 0.1) is 11.7 Å². The van der Waals surface area contributed by atoms with Crippen LogP contribution in [0.3, 0.4) is 0 Å². The van der Waals surface area contributed by atoms with E-state index in [4.69, 9.17) is 9.47 Å². The van der Waals surface area contributed by atoms with Gasteiger partial charge in [0.15, 0.2) is 11.5 Å². The maximum Gasteiger partial charge on any atom is 0.251 e. The molecular formula is C34H40FN3O4. The van der Waals surface area contributed by atoms with Gasteiger partial charge in [0.1, 0.15) is 5.82 Å². The van der Waals surface area contributed by atoms with Gasteiger partial charge in [0.25, 0.3) is 5.91 Å². The second kappa shape index (κ2) is 13.8. The van der Waals surface area contributed by atoms with E-state index in [9.17, 15) is 14.0 Å². The van der Waals surface area contributed by atoms with E-state index in [1.165, 1.54) is 12.1 Å². The van der Waals surface area contributed by atoms with Gasteiger partial charge >= 0.3 is 0 Å². The minimum atomic E-state index is -0.223. The zero-order valence-corrected chi connectivity index (χ0v) is 24.5. The van der Waals surface area contributed by atoms with Crippen molar-refractivity contribution in [1.29, 1.82) is 0 Å². The molecule has 0 radical (unpaired) electrons. The molecule has 0 atom stereocenters. The standard InChI is InChI=1S/C34H40FN3O4/c1-3-27(4-2)34(40)38(30-14-16-37(17-15-30)21-24-8-11-29(35)12-9-24)22-26-6-5-7-28(18-26)33(39)36-20-25-10-13-31-32(19-25)42-23-41-31/h5-13,18-19,27,30H,3-4,14-17,20-23H2,1-2H3,(H,36,39). The third-order valence-electron chi connectivity index (χ3n) is 8.37. The molecule has 0 bridgehead atoms. The van der Waals surface area contributed by atoms with Gasteiger partial charge in [0.05, 0.1) is 0 Å². The van der Waals surface area contributed by atoms with Crippen molar-refractivity contribution >= 4 is 11.8 Å². The highest BCUT2D eigenvalue weighted by Crippen LogP contribution is 2.32. The monoisotopic (exact) mass is 573 g/mol. The average Bonchev–Trinajstić information content (AvgIpc) is 3.49. The van der Waals surface area contributed by atoms with Gasteiger partial charge in [-0.1, -0.05) is 44.2 Å². The quantitative estimate of drug-likeness (QED) is 0.309. The van der Waals surface area contributed by atoms with E-state index in [1.807, 2.05) is 48.5 Å². The number of carbonyl (C=O) groups excluding carboxylic acids is 2. The van der Waals surface area contributed by atoms with Gasteiger partial charge in [0.2, 0.25) is 12.7 Å². The lowest BCUT2D eigenvalue weighted by Gasteiger charge is -2.40. The lowest BCUT2D eigenvalue weighted by Crippen LogP contribution is -2.48. The lowest BCUT2D eigenvalue weighted by molar-refractivity contribution is -0.140. The first-order valence-electron chi connectivity index (χ1n) is 15.0. The summed E-state index contributed by atoms with van der Waals surface area (Å²) in [6.07, 6.45) is 3.36. The Morgan fingerprint density at radius 1 is 0.929 bits per heavy atom. The zero-order valence-electron chi connectivity index (χ0n) is 24.5. The molecule has 1 saturated heterocycles. The largest absolute Gasteiger partial charge is 0.454 e. The van der Waals surface area contributed by atoms with E-state index in [1.54, 1.807) is 6.07 Å². The molecule has 2 heterocycles. The number of carbonyl (C=O) groups is 2. The maximum absolute atomic E-state index is 13.8. The number of fused-ring (bicyclic) bond motifs is 1. The zero-order chi connectivity index (χ0) is 29.5. The van der Waals surface area contributed by atoms with Crippen molar-refractivity contribution in [2.75, 3.05) is 19.9 Å². The molecule has 0 aromatic heterocycles. The van der Waals surface area contributed by atoms with Crippen LogP contribution >= 0.6 is 0 Å². The van der Waals surface area contributed by atoms with Crippen molar-refractivity contribution in [2.24, 2.45) is 5.92 Å². The molecule has 0 unspecified atom stereocenters. The molecule has 8 heteroatoms. The van der Waals surface area contributed by atoms with Gasteiger partial charge in [-0.2, -0.15) is 0 Å². The van der Waals surface area contributed by atoms with Crippen molar-refractivity contribution in [3.8, 4) is 11.5 Å². The molecule has 3 aromatic rings. The van der Waals surface area contributed by atoms with E-state index in [0.717, 1.165) is 62.0 Å². The van der Waals surface area contributed by atoms with Gasteiger partial charge in [-0.25, -0.2) is 4.39 Å². The first kappa shape index (κ1) is 29.6. The molecule has 2 aliphatic rings. The summed E-state index contributed by atoms with van der Waals surface area (Å²) >= 11 is 0. The second-order valence-electron chi connectivity index (χ2n) is 11.2. The summed E-state index contributed by atoms with van der Waals surface area (Å²) in [7, 11) is 0. The Balaban J connectivity index is 1.23. The number of rotatable bonds is 11. The van der Waals surface area contributed by atoms with E-state index >= 15 is 0 Å². The minimum Gasteiger partial charge on any atom is -0.454 e. The summed E-state index contributed by atoms with van der Waals surface area (Å²) in [5, 5.41) is 3.00. The first-order chi connectivity index (χ1) is 20.4. The first-order valence-corrected chi connectivity index (χ1v) is 15.0. The van der Waals surface area contributed by atoms with Crippen LogP contribution in [-0.4, -0.2) is 47.5 Å². The highest BCUT2D eigenvalue weighted by atomic mass is 19.1. The number of piperidine rings is 1. The Morgan fingerprint density at radius 3 is 2.38 bits per heavy atom. The highest BCUT2D eigenvalue weighted by Gasteiger charge is 2.31. The van der Waals surface area contributed by atoms with Crippen molar-refractivity contribution < 1.29 is 23.5 Å². The van der Waals surface area contributed by atoms with Crippen molar-refractivity contribution in [3.63, 3.8) is 0 Å². The molecule has 2 aliphatic heterocycles. The third kappa shape index (κ3) is 7.29. The molecule has 1 N–H and O–H groups in total. The Labute approximate surface area is 247 Å². The van der Waals surface area contributed by atoms with Gasteiger partial charge in [-0.15, -0.1) is 0 Å². The van der Waals surface area contributed by atoms with Crippen LogP contribution in [0.4, 0.5) is 4.39 Å². The molecule has 3 aromatic carbocycles. The number of ether oxygens (including phenoxy) is 2. The predicted octanol–water partition coefficient (Wildman–Crippen LogP) is 5.91. The molecular weight excluding hydrogens is 533 g/mol. The summed E-state index contributed by atoms with van der Waals surface area (Å²) in [6, 6.07) is 20.0. The van der Waals surface area contributed by atoms with Crippen molar-refractivity contribution in [3.05, 3.63) is 94.8 Å². The molecule has 0 saturated carbocycles. The van der Waals surface area contributed by atoms with E-state index in [0.29, 0.717) is 30.2 Å². The molecule has 222 valence electrons. The Bertz CT molecular complexity index is 1370. The van der Waals surface area contributed by atoms with Crippen molar-refractivity contribution in [1.82, 2.24) is 15.1 Å². The summed E-state index contributed by atoms with van der Waals surface area (Å²) in [5.74, 6) is 1.18. The number of likely N-dealkylation sites (tertiary alicyclic amines) is 1. The summed E-state index contributed by atoms with van der Waals surface area (Å²) < 4.78 is 24.1. The number of hydrogen-bond acceptors (Lipinski definition) is 5. The van der Waals surface area contributed by atoms with Gasteiger partial charge < -0.3 is 19.7 Å². The van der Waals surface area contributed by atoms with Crippen molar-refractivity contribution in [2.45, 2.75) is 65.2 Å². The van der Waals surface area contributed by atoms with Crippen LogP contribution < -0.4 is 14.8 Å². The number of hydrogen-bond donors (Lipinski definition) is 1. The molecule has 2 amide bonds. The Morgan fingerprint density at radius 2 is 1.64 bits per heavy atom. The number of nitrogens with zero attached hydrogens (tertiary/aromatic N) is 2. The van der Waals surface area contributed by atoms with E-state index in [-0.39, 0.29) is 36.4 Å². The van der Waals surface area contributed by atoms with E-state index < -0.39 is 0 Å². The Kier molecular flexibility index (Phi) is 9.74. The van der Waals surface area contributed by atoms with Gasteiger partial charge in [-0.3, -0.25) is 14.5 Å². The summed E-state index contributed by atoms with van der Waals surface area (Å²) in [6.45, 7) is 7.72. The molecule has 5 rings (SSSR count). The minimum absolute atomic E-state index is 0.0181. The smallest absolute Gasteiger partial charge is 0.251 e. The average molecular weight is 574 g/mol. The molecule has 7 nitrogen and oxygen atoms in total. The lowest BCUT2D eigenvalue weighted by atomic mass is 9.96. The summed E-state index contributed by atoms with van der Waals surface area (Å²) in [5.41, 5.74) is 3.53. The number of halogens is 1. The van der Waals surface area contributed by atoms with Crippen LogP contribution in [0.15, 0.2) is 66.7 Å². The summed E-state index contributed by atoms with van der Waals surface area (Å²) in [4.78, 5) is 31.2. The predicted molar refractivity (Wildman–Crippen MR) is 159 cm³/mol. The fourth-order valence-electron chi connectivity index (χ4n) is 5.84. The maximum atomic E-state index is 13.8. The van der Waals surface area contributed by atoms with Crippen LogP contribution in [-0.2, 0) is 24.4 Å². The van der Waals surface area contributed by atoms with Crippen LogP contribution in [0.5, 0.6) is 11.5 Å². The van der Waals surface area contributed by atoms with Gasteiger partial charge in [0, 0.05) is 50.2 Å². The number of benzene rings is 3.